The fourth-order valence-electron chi connectivity index (χ4n) is 2.71. The van der Waals surface area contributed by atoms with Gasteiger partial charge in [-0.2, -0.15) is 0 Å². The van der Waals surface area contributed by atoms with Crippen molar-refractivity contribution < 1.29 is 4.79 Å². The van der Waals surface area contributed by atoms with Gasteiger partial charge in [0.15, 0.2) is 0 Å². The maximum absolute atomic E-state index is 12.5. The van der Waals surface area contributed by atoms with Crippen LogP contribution < -0.4 is 10.2 Å². The lowest BCUT2D eigenvalue weighted by Crippen LogP contribution is -2.42. The molecule has 3 nitrogen and oxygen atoms in total. The third kappa shape index (κ3) is 2.43. The van der Waals surface area contributed by atoms with Crippen LogP contribution in [0.15, 0.2) is 22.7 Å². The number of carbonyl (C=O) groups is 1. The van der Waals surface area contributed by atoms with Crippen LogP contribution in [-0.4, -0.2) is 25.0 Å². The first-order valence-corrected chi connectivity index (χ1v) is 7.61. The van der Waals surface area contributed by atoms with E-state index in [9.17, 15) is 4.79 Å². The minimum Gasteiger partial charge on any atom is -0.309 e. The summed E-state index contributed by atoms with van der Waals surface area (Å²) in [4.78, 5) is 14.5. The molecule has 0 aromatic heterocycles. The van der Waals surface area contributed by atoms with Crippen molar-refractivity contribution in [1.29, 1.82) is 0 Å². The van der Waals surface area contributed by atoms with Gasteiger partial charge in [0.1, 0.15) is 0 Å². The Bertz CT molecular complexity index is 525. The van der Waals surface area contributed by atoms with Gasteiger partial charge in [-0.3, -0.25) is 4.79 Å². The number of nitrogens with zero attached hydrogens (tertiary/aromatic N) is 1. The Kier molecular flexibility index (Phi) is 3.18. The fourth-order valence-corrected chi connectivity index (χ4v) is 3.41. The molecule has 4 heteroatoms. The van der Waals surface area contributed by atoms with Gasteiger partial charge in [-0.1, -0.05) is 6.07 Å². The third-order valence-electron chi connectivity index (χ3n) is 4.26. The molecular weight excluding hydrogens is 304 g/mol. The molecule has 19 heavy (non-hydrogen) atoms. The Balaban J connectivity index is 1.97. The van der Waals surface area contributed by atoms with Crippen molar-refractivity contribution in [3.05, 3.63) is 28.2 Å². The molecule has 1 unspecified atom stereocenters. The zero-order chi connectivity index (χ0) is 13.6. The van der Waals surface area contributed by atoms with Crippen molar-refractivity contribution in [2.45, 2.75) is 32.7 Å². The van der Waals surface area contributed by atoms with Gasteiger partial charge in [-0.15, -0.1) is 0 Å². The Hall–Kier alpha value is -0.870. The molecule has 2 aliphatic rings. The topological polar surface area (TPSA) is 32.3 Å². The van der Waals surface area contributed by atoms with Gasteiger partial charge in [0.2, 0.25) is 5.91 Å². The molecular formula is C15H19BrN2O. The number of benzene rings is 1. The van der Waals surface area contributed by atoms with Crippen molar-refractivity contribution in [2.24, 2.45) is 5.41 Å². The van der Waals surface area contributed by atoms with Crippen LogP contribution in [-0.2, 0) is 4.79 Å². The summed E-state index contributed by atoms with van der Waals surface area (Å²) < 4.78 is 1.01. The standard InChI is InChI=1S/C15H19BrN2O/c1-10-3-4-13(12(16)7-10)18-9-15(5-6-15)8-17-11(2)14(18)19/h3-4,7,11,17H,5-6,8-9H2,1-2H3. The highest BCUT2D eigenvalue weighted by atomic mass is 79.9. The predicted octanol–water partition coefficient (Wildman–Crippen LogP) is 2.86. The van der Waals surface area contributed by atoms with Crippen LogP contribution in [0.3, 0.4) is 0 Å². The van der Waals surface area contributed by atoms with Crippen LogP contribution in [0.25, 0.3) is 0 Å². The SMILES string of the molecule is Cc1ccc(N2CC3(CC3)CNC(C)C2=O)c(Br)c1. The van der Waals surface area contributed by atoms with Gasteiger partial charge < -0.3 is 10.2 Å². The van der Waals surface area contributed by atoms with Crippen LogP contribution >= 0.6 is 15.9 Å². The number of hydrogen-bond acceptors (Lipinski definition) is 2. The van der Waals surface area contributed by atoms with Crippen molar-refractivity contribution in [3.8, 4) is 0 Å². The lowest BCUT2D eigenvalue weighted by Gasteiger charge is -2.26. The molecule has 1 aromatic carbocycles. The molecule has 1 amide bonds. The molecule has 1 aromatic rings. The molecule has 1 atom stereocenters. The Morgan fingerprint density at radius 1 is 1.42 bits per heavy atom. The van der Waals surface area contributed by atoms with Crippen LogP contribution in [0.2, 0.25) is 0 Å². The quantitative estimate of drug-likeness (QED) is 0.862. The normalized spacial score (nSPS) is 25.5. The largest absolute Gasteiger partial charge is 0.309 e. The first-order chi connectivity index (χ1) is 9.01. The highest BCUT2D eigenvalue weighted by Gasteiger charge is 2.47. The van der Waals surface area contributed by atoms with E-state index in [-0.39, 0.29) is 11.9 Å². The van der Waals surface area contributed by atoms with E-state index < -0.39 is 0 Å². The number of rotatable bonds is 1. The number of halogens is 1. The number of hydrogen-bond donors (Lipinski definition) is 1. The van der Waals surface area contributed by atoms with Crippen LogP contribution in [0, 0.1) is 12.3 Å². The van der Waals surface area contributed by atoms with Gasteiger partial charge in [-0.25, -0.2) is 0 Å². The van der Waals surface area contributed by atoms with E-state index in [0.29, 0.717) is 5.41 Å². The van der Waals surface area contributed by atoms with Crippen LogP contribution in [0.5, 0.6) is 0 Å². The van der Waals surface area contributed by atoms with Crippen molar-refractivity contribution in [2.75, 3.05) is 18.0 Å². The monoisotopic (exact) mass is 322 g/mol. The minimum absolute atomic E-state index is 0.104. The molecule has 2 fully saturated rings. The summed E-state index contributed by atoms with van der Waals surface area (Å²) >= 11 is 3.60. The average Bonchev–Trinajstić information content (AvgIpc) is 3.14. The average molecular weight is 323 g/mol. The van der Waals surface area contributed by atoms with Gasteiger partial charge in [0.05, 0.1) is 11.7 Å². The van der Waals surface area contributed by atoms with E-state index in [2.05, 4.69) is 40.3 Å². The zero-order valence-corrected chi connectivity index (χ0v) is 13.0. The third-order valence-corrected chi connectivity index (χ3v) is 4.90. The molecule has 1 N–H and O–H groups in total. The van der Waals surface area contributed by atoms with Crippen LogP contribution in [0.1, 0.15) is 25.3 Å². The smallest absolute Gasteiger partial charge is 0.243 e. The van der Waals surface area contributed by atoms with Crippen LogP contribution in [0.4, 0.5) is 5.69 Å². The van der Waals surface area contributed by atoms with E-state index >= 15 is 0 Å². The Labute approximate surface area is 122 Å². The highest BCUT2D eigenvalue weighted by Crippen LogP contribution is 2.47. The maximum Gasteiger partial charge on any atom is 0.243 e. The molecule has 102 valence electrons. The summed E-state index contributed by atoms with van der Waals surface area (Å²) in [6.45, 7) is 5.81. The molecule has 0 bridgehead atoms. The molecule has 1 aliphatic carbocycles. The molecule has 1 saturated carbocycles. The lowest BCUT2D eigenvalue weighted by atomic mass is 10.1. The van der Waals surface area contributed by atoms with Crippen molar-refractivity contribution >= 4 is 27.5 Å². The van der Waals surface area contributed by atoms with E-state index in [4.69, 9.17) is 0 Å². The first-order valence-electron chi connectivity index (χ1n) is 6.82. The van der Waals surface area contributed by atoms with Gasteiger partial charge in [0, 0.05) is 23.0 Å². The minimum atomic E-state index is -0.104. The molecule has 1 aliphatic heterocycles. The summed E-state index contributed by atoms with van der Waals surface area (Å²) in [6.07, 6.45) is 2.44. The second-order valence-electron chi connectivity index (χ2n) is 5.98. The molecule has 1 spiro atoms. The highest BCUT2D eigenvalue weighted by molar-refractivity contribution is 9.10. The van der Waals surface area contributed by atoms with Gasteiger partial charge in [-0.05, 0) is 60.3 Å². The summed E-state index contributed by atoms with van der Waals surface area (Å²) in [5.74, 6) is 0.174. The van der Waals surface area contributed by atoms with Crippen molar-refractivity contribution in [3.63, 3.8) is 0 Å². The number of amides is 1. The van der Waals surface area contributed by atoms with E-state index in [1.807, 2.05) is 17.9 Å². The van der Waals surface area contributed by atoms with Gasteiger partial charge >= 0.3 is 0 Å². The summed E-state index contributed by atoms with van der Waals surface area (Å²) in [7, 11) is 0. The maximum atomic E-state index is 12.5. The predicted molar refractivity (Wildman–Crippen MR) is 80.4 cm³/mol. The number of anilines is 1. The first kappa shape index (κ1) is 13.1. The summed E-state index contributed by atoms with van der Waals surface area (Å²) in [5, 5.41) is 3.37. The fraction of sp³-hybridized carbons (Fsp3) is 0.533. The zero-order valence-electron chi connectivity index (χ0n) is 11.4. The molecule has 1 saturated heterocycles. The Morgan fingerprint density at radius 2 is 2.16 bits per heavy atom. The van der Waals surface area contributed by atoms with Gasteiger partial charge in [0.25, 0.3) is 0 Å². The molecule has 0 radical (unpaired) electrons. The van der Waals surface area contributed by atoms with E-state index in [1.54, 1.807) is 0 Å². The number of nitrogens with one attached hydrogen (secondary N) is 1. The summed E-state index contributed by atoms with van der Waals surface area (Å²) in [5.41, 5.74) is 2.51. The lowest BCUT2D eigenvalue weighted by molar-refractivity contribution is -0.119. The summed E-state index contributed by atoms with van der Waals surface area (Å²) in [6, 6.07) is 6.08. The Morgan fingerprint density at radius 3 is 2.79 bits per heavy atom. The van der Waals surface area contributed by atoms with E-state index in [0.717, 1.165) is 23.2 Å². The molecule has 3 rings (SSSR count). The number of aryl methyl sites for hydroxylation is 1. The van der Waals surface area contributed by atoms with Crippen molar-refractivity contribution in [1.82, 2.24) is 5.32 Å². The molecule has 1 heterocycles. The van der Waals surface area contributed by atoms with E-state index in [1.165, 1.54) is 18.4 Å². The second-order valence-corrected chi connectivity index (χ2v) is 6.84. The second kappa shape index (κ2) is 4.60. The number of carbonyl (C=O) groups excluding carboxylic acids is 1.